The average molecular weight is 494 g/mol. The molecule has 1 saturated heterocycles. The summed E-state index contributed by atoms with van der Waals surface area (Å²) in [5.74, 6) is 0.314. The van der Waals surface area contributed by atoms with Gasteiger partial charge in [-0.05, 0) is 35.6 Å². The van der Waals surface area contributed by atoms with Crippen LogP contribution in [0.2, 0.25) is 0 Å². The highest BCUT2D eigenvalue weighted by atomic mass is 32.1. The number of hydrogen-bond donors (Lipinski definition) is 0. The van der Waals surface area contributed by atoms with Gasteiger partial charge in [0.1, 0.15) is 10.8 Å². The van der Waals surface area contributed by atoms with Gasteiger partial charge in [-0.3, -0.25) is 9.48 Å². The Balaban J connectivity index is 1.85. The Hall–Kier alpha value is -3.22. The summed E-state index contributed by atoms with van der Waals surface area (Å²) in [7, 11) is 3.25. The van der Waals surface area contributed by atoms with Crippen LogP contribution >= 0.6 is 11.3 Å². The maximum atomic E-state index is 14.3. The lowest BCUT2D eigenvalue weighted by molar-refractivity contribution is 0.0516. The van der Waals surface area contributed by atoms with Gasteiger partial charge >= 0.3 is 0 Å². The first-order chi connectivity index (χ1) is 16.7. The summed E-state index contributed by atoms with van der Waals surface area (Å²) in [6.07, 6.45) is 5.66. The second-order valence-electron chi connectivity index (χ2n) is 9.92. The molecule has 1 amide bonds. The maximum absolute atomic E-state index is 14.3. The predicted octanol–water partition coefficient (Wildman–Crippen LogP) is 4.46. The topological polar surface area (TPSA) is 93.3 Å². The highest BCUT2D eigenvalue weighted by Crippen LogP contribution is 2.49. The van der Waals surface area contributed by atoms with Gasteiger partial charge in [-0.25, -0.2) is 4.98 Å². The molecule has 0 aliphatic carbocycles. The largest absolute Gasteiger partial charge is 0.496 e. The van der Waals surface area contributed by atoms with Gasteiger partial charge in [0, 0.05) is 42.6 Å². The zero-order valence-corrected chi connectivity index (χ0v) is 21.6. The zero-order chi connectivity index (χ0) is 25.2. The Morgan fingerprint density at radius 2 is 2.11 bits per heavy atom. The Morgan fingerprint density at radius 3 is 2.69 bits per heavy atom. The molecule has 0 radical (unpaired) electrons. The molecule has 1 aliphatic rings. The molecule has 9 heteroatoms. The third kappa shape index (κ3) is 4.68. The molecule has 3 unspecified atom stereocenters. The van der Waals surface area contributed by atoms with Gasteiger partial charge in [-0.2, -0.15) is 10.4 Å². The minimum absolute atomic E-state index is 0.0962. The van der Waals surface area contributed by atoms with Crippen molar-refractivity contribution < 1.29 is 14.3 Å². The van der Waals surface area contributed by atoms with Crippen LogP contribution in [0.1, 0.15) is 54.2 Å². The molecular formula is C26H31N5O3S. The molecule has 0 N–H and O–H groups in total. The fraction of sp³-hybridized carbons (Fsp3) is 0.462. The Labute approximate surface area is 210 Å². The summed E-state index contributed by atoms with van der Waals surface area (Å²) in [5, 5.41) is 17.6. The van der Waals surface area contributed by atoms with E-state index in [4.69, 9.17) is 9.47 Å². The molecule has 3 aromatic rings. The third-order valence-corrected chi connectivity index (χ3v) is 7.38. The fourth-order valence-electron chi connectivity index (χ4n) is 5.02. The summed E-state index contributed by atoms with van der Waals surface area (Å²) >= 11 is 1.48. The third-order valence-electron chi connectivity index (χ3n) is 6.54. The standard InChI is InChI=1S/C26H31N5O3S/c1-25(2,3)20-8-7-18(13-21(20)34-5)24(32)31-22(23-28-10-12-35-23)19(15-33-4)14-26(31,16-27)17-30-11-6-9-29-30/h6-13,19,22H,14-15,17H2,1-5H3. The van der Waals surface area contributed by atoms with E-state index in [-0.39, 0.29) is 23.8 Å². The van der Waals surface area contributed by atoms with E-state index in [9.17, 15) is 10.1 Å². The lowest BCUT2D eigenvalue weighted by atomic mass is 9.85. The summed E-state index contributed by atoms with van der Waals surface area (Å²) < 4.78 is 12.9. The van der Waals surface area contributed by atoms with Crippen LogP contribution in [0.3, 0.4) is 0 Å². The molecule has 0 spiro atoms. The van der Waals surface area contributed by atoms with Crippen LogP contribution in [-0.4, -0.2) is 51.9 Å². The molecule has 184 valence electrons. The highest BCUT2D eigenvalue weighted by Gasteiger charge is 2.56. The van der Waals surface area contributed by atoms with Gasteiger partial charge in [0.15, 0.2) is 5.54 Å². The molecule has 1 aliphatic heterocycles. The van der Waals surface area contributed by atoms with E-state index in [1.54, 1.807) is 42.3 Å². The van der Waals surface area contributed by atoms with Crippen LogP contribution < -0.4 is 4.74 Å². The highest BCUT2D eigenvalue weighted by molar-refractivity contribution is 7.09. The molecular weight excluding hydrogens is 462 g/mol. The Kier molecular flexibility index (Phi) is 6.97. The SMILES string of the molecule is COCC1CC(C#N)(Cn2cccn2)N(C(=O)c2ccc(C(C)(C)C)c(OC)c2)C1c1nccs1. The van der Waals surface area contributed by atoms with Crippen LogP contribution in [-0.2, 0) is 16.7 Å². The second-order valence-corrected chi connectivity index (χ2v) is 10.8. The molecule has 3 atom stereocenters. The molecule has 2 aromatic heterocycles. The number of hydrogen-bond acceptors (Lipinski definition) is 7. The first-order valence-corrected chi connectivity index (χ1v) is 12.4. The van der Waals surface area contributed by atoms with E-state index in [1.807, 2.05) is 29.8 Å². The molecule has 4 rings (SSSR count). The minimum atomic E-state index is -1.13. The number of rotatable bonds is 7. The van der Waals surface area contributed by atoms with Crippen molar-refractivity contribution in [1.29, 1.82) is 5.26 Å². The maximum Gasteiger partial charge on any atom is 0.255 e. The van der Waals surface area contributed by atoms with Crippen LogP contribution in [0.5, 0.6) is 5.75 Å². The van der Waals surface area contributed by atoms with E-state index in [0.29, 0.717) is 24.3 Å². The molecule has 1 aromatic carbocycles. The van der Waals surface area contributed by atoms with Gasteiger partial charge in [-0.15, -0.1) is 11.3 Å². The van der Waals surface area contributed by atoms with Gasteiger partial charge in [0.05, 0.1) is 32.4 Å². The zero-order valence-electron chi connectivity index (χ0n) is 20.8. The van der Waals surface area contributed by atoms with Crippen LogP contribution in [0.15, 0.2) is 48.2 Å². The molecule has 0 saturated carbocycles. The van der Waals surface area contributed by atoms with Crippen molar-refractivity contribution in [2.24, 2.45) is 5.92 Å². The number of carbonyl (C=O) groups excluding carboxylic acids is 1. The van der Waals surface area contributed by atoms with E-state index in [0.717, 1.165) is 10.6 Å². The molecule has 0 bridgehead atoms. The van der Waals surface area contributed by atoms with Crippen molar-refractivity contribution in [3.63, 3.8) is 0 Å². The number of ether oxygens (including phenoxy) is 2. The first-order valence-electron chi connectivity index (χ1n) is 11.5. The van der Waals surface area contributed by atoms with Gasteiger partial charge in [-0.1, -0.05) is 26.8 Å². The van der Waals surface area contributed by atoms with Crippen molar-refractivity contribution in [2.45, 2.75) is 50.7 Å². The number of nitrogens with zero attached hydrogens (tertiary/aromatic N) is 5. The van der Waals surface area contributed by atoms with E-state index in [2.05, 4.69) is 36.9 Å². The number of benzene rings is 1. The number of thiazole rings is 1. The van der Waals surface area contributed by atoms with Crippen LogP contribution in [0, 0.1) is 17.2 Å². The number of methoxy groups -OCH3 is 2. The number of carbonyl (C=O) groups is 1. The predicted molar refractivity (Wildman–Crippen MR) is 133 cm³/mol. The number of likely N-dealkylation sites (tertiary alicyclic amines) is 1. The average Bonchev–Trinajstić information content (AvgIpc) is 3.59. The van der Waals surface area contributed by atoms with Gasteiger partial charge in [0.25, 0.3) is 5.91 Å². The van der Waals surface area contributed by atoms with Crippen molar-refractivity contribution >= 4 is 17.2 Å². The molecule has 35 heavy (non-hydrogen) atoms. The molecule has 8 nitrogen and oxygen atoms in total. The first kappa shape index (κ1) is 24.9. The van der Waals surface area contributed by atoms with Crippen molar-refractivity contribution in [3.8, 4) is 11.8 Å². The summed E-state index contributed by atoms with van der Waals surface area (Å²) in [4.78, 5) is 20.5. The number of nitriles is 1. The summed E-state index contributed by atoms with van der Waals surface area (Å²) in [6.45, 7) is 6.96. The normalized spacial score (nSPS) is 22.2. The second kappa shape index (κ2) is 9.80. The molecule has 3 heterocycles. The smallest absolute Gasteiger partial charge is 0.255 e. The fourth-order valence-corrected chi connectivity index (χ4v) is 5.84. The summed E-state index contributed by atoms with van der Waals surface area (Å²) in [5.41, 5.74) is 0.201. The van der Waals surface area contributed by atoms with Gasteiger partial charge < -0.3 is 14.4 Å². The Morgan fingerprint density at radius 1 is 1.31 bits per heavy atom. The van der Waals surface area contributed by atoms with Crippen molar-refractivity contribution in [3.05, 3.63) is 64.4 Å². The van der Waals surface area contributed by atoms with E-state index in [1.165, 1.54) is 11.3 Å². The van der Waals surface area contributed by atoms with Crippen molar-refractivity contribution in [2.75, 3.05) is 20.8 Å². The lowest BCUT2D eigenvalue weighted by Gasteiger charge is -2.36. The monoisotopic (exact) mass is 493 g/mol. The lowest BCUT2D eigenvalue weighted by Crippen LogP contribution is -2.50. The summed E-state index contributed by atoms with van der Waals surface area (Å²) in [6, 6.07) is 9.45. The number of amides is 1. The molecule has 1 fully saturated rings. The van der Waals surface area contributed by atoms with Gasteiger partial charge in [0.2, 0.25) is 0 Å². The van der Waals surface area contributed by atoms with E-state index < -0.39 is 11.6 Å². The Bertz CT molecular complexity index is 1200. The number of aromatic nitrogens is 3. The van der Waals surface area contributed by atoms with E-state index >= 15 is 0 Å². The van der Waals surface area contributed by atoms with Crippen LogP contribution in [0.25, 0.3) is 0 Å². The van der Waals surface area contributed by atoms with Crippen LogP contribution in [0.4, 0.5) is 0 Å². The van der Waals surface area contributed by atoms with Crippen molar-refractivity contribution in [1.82, 2.24) is 19.7 Å². The quantitative estimate of drug-likeness (QED) is 0.483. The minimum Gasteiger partial charge on any atom is -0.496 e.